The minimum Gasteiger partial charge on any atom is -0.492 e. The van der Waals surface area contributed by atoms with Crippen LogP contribution >= 0.6 is 0 Å². The van der Waals surface area contributed by atoms with Gasteiger partial charge in [0.1, 0.15) is 11.6 Å². The molecule has 2 heterocycles. The Balaban J connectivity index is 1.57. The van der Waals surface area contributed by atoms with Crippen LogP contribution < -0.4 is 19.5 Å². The smallest absolute Gasteiger partial charge is 0.255 e. The van der Waals surface area contributed by atoms with Crippen LogP contribution in [0.1, 0.15) is 60.9 Å². The average molecular weight is 596 g/mol. The van der Waals surface area contributed by atoms with Gasteiger partial charge in [-0.05, 0) is 86.6 Å². The van der Waals surface area contributed by atoms with E-state index in [2.05, 4.69) is 32.0 Å². The minimum atomic E-state index is -3.60. The van der Waals surface area contributed by atoms with Crippen molar-refractivity contribution >= 4 is 27.3 Å². The Kier molecular flexibility index (Phi) is 9.42. The monoisotopic (exact) mass is 595 g/mol. The van der Waals surface area contributed by atoms with Crippen LogP contribution in [0, 0.1) is 12.8 Å². The van der Waals surface area contributed by atoms with Crippen LogP contribution in [0.2, 0.25) is 0 Å². The Morgan fingerprint density at radius 2 is 1.79 bits per heavy atom. The van der Waals surface area contributed by atoms with Crippen LogP contribution in [0.5, 0.6) is 17.4 Å². The molecule has 1 aliphatic heterocycles. The number of rotatable bonds is 9. The first-order valence-corrected chi connectivity index (χ1v) is 15.9. The SMILES string of the molecule is COc1c(NC(=O)c2ccc(C)c(Oc3ccnc(CC4CCN(C)CC4)n3)c2)cc(C(C)(C)C)cc1NS(C)(=O)=O. The number of carbonyl (C=O) groups excluding carboxylic acids is 1. The summed E-state index contributed by atoms with van der Waals surface area (Å²) in [5.74, 6) is 2.03. The number of amides is 1. The molecule has 1 fully saturated rings. The zero-order valence-electron chi connectivity index (χ0n) is 25.4. The maximum atomic E-state index is 13.5. The Labute approximate surface area is 248 Å². The first-order chi connectivity index (χ1) is 19.7. The van der Waals surface area contributed by atoms with Gasteiger partial charge in [-0.1, -0.05) is 26.8 Å². The van der Waals surface area contributed by atoms with E-state index in [4.69, 9.17) is 9.47 Å². The van der Waals surface area contributed by atoms with Crippen molar-refractivity contribution in [3.63, 3.8) is 0 Å². The number of methoxy groups -OCH3 is 1. The van der Waals surface area contributed by atoms with E-state index in [1.807, 2.05) is 33.8 Å². The Bertz CT molecular complexity index is 1540. The molecule has 42 heavy (non-hydrogen) atoms. The normalized spacial score (nSPS) is 14.8. The number of nitrogens with zero attached hydrogens (tertiary/aromatic N) is 3. The van der Waals surface area contributed by atoms with Crippen molar-refractivity contribution in [3.05, 3.63) is 65.1 Å². The Hall–Kier alpha value is -3.70. The highest BCUT2D eigenvalue weighted by molar-refractivity contribution is 7.92. The molecule has 1 aliphatic rings. The van der Waals surface area contributed by atoms with E-state index in [9.17, 15) is 13.2 Å². The highest BCUT2D eigenvalue weighted by Crippen LogP contribution is 2.39. The van der Waals surface area contributed by atoms with Gasteiger partial charge in [0.05, 0.1) is 24.7 Å². The summed E-state index contributed by atoms with van der Waals surface area (Å²) in [5.41, 5.74) is 2.28. The van der Waals surface area contributed by atoms with Crippen molar-refractivity contribution in [1.82, 2.24) is 14.9 Å². The molecule has 0 aliphatic carbocycles. The van der Waals surface area contributed by atoms with Gasteiger partial charge in [0, 0.05) is 24.2 Å². The van der Waals surface area contributed by atoms with Crippen LogP contribution in [-0.2, 0) is 21.9 Å². The Morgan fingerprint density at radius 1 is 1.10 bits per heavy atom. The van der Waals surface area contributed by atoms with Crippen LogP contribution in [-0.4, -0.2) is 62.7 Å². The zero-order valence-corrected chi connectivity index (χ0v) is 26.3. The fraction of sp³-hybridized carbons (Fsp3) is 0.452. The molecule has 1 saturated heterocycles. The molecule has 11 heteroatoms. The van der Waals surface area contributed by atoms with Crippen molar-refractivity contribution in [2.75, 3.05) is 43.5 Å². The summed E-state index contributed by atoms with van der Waals surface area (Å²) in [4.78, 5) is 24.9. The first kappa shape index (κ1) is 31.2. The number of benzene rings is 2. The molecule has 1 aromatic heterocycles. The van der Waals surface area contributed by atoms with E-state index < -0.39 is 15.9 Å². The molecular formula is C31H41N5O5S. The number of likely N-dealkylation sites (tertiary alicyclic amines) is 1. The second-order valence-corrected chi connectivity index (χ2v) is 13.8. The topological polar surface area (TPSA) is 123 Å². The molecule has 0 atom stereocenters. The number of sulfonamides is 1. The molecule has 226 valence electrons. The van der Waals surface area contributed by atoms with Gasteiger partial charge in [-0.25, -0.2) is 13.4 Å². The van der Waals surface area contributed by atoms with Crippen LogP contribution in [0.15, 0.2) is 42.6 Å². The van der Waals surface area contributed by atoms with Gasteiger partial charge in [-0.3, -0.25) is 9.52 Å². The molecule has 2 N–H and O–H groups in total. The molecule has 0 radical (unpaired) electrons. The summed E-state index contributed by atoms with van der Waals surface area (Å²) in [5, 5.41) is 2.90. The van der Waals surface area contributed by atoms with Crippen molar-refractivity contribution in [2.45, 2.75) is 52.4 Å². The minimum absolute atomic E-state index is 0.212. The summed E-state index contributed by atoms with van der Waals surface area (Å²) in [7, 11) is -0.0250. The number of aromatic nitrogens is 2. The lowest BCUT2D eigenvalue weighted by Crippen LogP contribution is -2.31. The van der Waals surface area contributed by atoms with Gasteiger partial charge in [0.25, 0.3) is 5.91 Å². The van der Waals surface area contributed by atoms with E-state index in [0.29, 0.717) is 28.8 Å². The van der Waals surface area contributed by atoms with Crippen LogP contribution in [0.25, 0.3) is 0 Å². The van der Waals surface area contributed by atoms with E-state index in [-0.39, 0.29) is 16.9 Å². The third kappa shape index (κ3) is 8.19. The number of carbonyl (C=O) groups is 1. The van der Waals surface area contributed by atoms with E-state index in [0.717, 1.165) is 55.6 Å². The average Bonchev–Trinajstić information content (AvgIpc) is 2.90. The summed E-state index contributed by atoms with van der Waals surface area (Å²) in [6.07, 6.45) is 5.82. The first-order valence-electron chi connectivity index (χ1n) is 14.0. The standard InChI is InChI=1S/C31H41N5O5S/c1-20-8-9-22(17-26(20)41-28-10-13-32-27(34-28)16-21-11-14-36(5)15-12-21)30(37)33-24-18-23(31(2,3)4)19-25(29(24)40-6)35-42(7,38)39/h8-10,13,17-19,21,35H,11-12,14-16H2,1-7H3,(H,33,37). The van der Waals surface area contributed by atoms with Gasteiger partial charge in [-0.2, -0.15) is 4.98 Å². The van der Waals surface area contributed by atoms with E-state index >= 15 is 0 Å². The zero-order chi connectivity index (χ0) is 30.7. The molecule has 10 nitrogen and oxygen atoms in total. The molecular weight excluding hydrogens is 554 g/mol. The fourth-order valence-electron chi connectivity index (χ4n) is 4.87. The molecule has 0 saturated carbocycles. The van der Waals surface area contributed by atoms with Gasteiger partial charge in [-0.15, -0.1) is 0 Å². The predicted octanol–water partition coefficient (Wildman–Crippen LogP) is 5.39. The largest absolute Gasteiger partial charge is 0.492 e. The highest BCUT2D eigenvalue weighted by atomic mass is 32.2. The van der Waals surface area contributed by atoms with Gasteiger partial charge in [0.15, 0.2) is 5.75 Å². The molecule has 0 bridgehead atoms. The third-order valence-corrected chi connectivity index (χ3v) is 7.95. The van der Waals surface area contributed by atoms with Crippen LogP contribution in [0.3, 0.4) is 0 Å². The lowest BCUT2D eigenvalue weighted by Gasteiger charge is -2.28. The molecule has 1 amide bonds. The second-order valence-electron chi connectivity index (χ2n) is 12.0. The molecule has 0 spiro atoms. The van der Waals surface area contributed by atoms with Gasteiger partial charge < -0.3 is 19.7 Å². The van der Waals surface area contributed by atoms with Crippen LogP contribution in [0.4, 0.5) is 11.4 Å². The fourth-order valence-corrected chi connectivity index (χ4v) is 5.42. The molecule has 0 unspecified atom stereocenters. The maximum Gasteiger partial charge on any atom is 0.255 e. The van der Waals surface area contributed by atoms with Crippen molar-refractivity contribution in [1.29, 1.82) is 0 Å². The molecule has 2 aromatic carbocycles. The van der Waals surface area contributed by atoms with Crippen molar-refractivity contribution in [2.24, 2.45) is 5.92 Å². The Morgan fingerprint density at radius 3 is 2.43 bits per heavy atom. The number of anilines is 2. The number of hydrogen-bond acceptors (Lipinski definition) is 8. The summed E-state index contributed by atoms with van der Waals surface area (Å²) in [6, 6.07) is 10.4. The van der Waals surface area contributed by atoms with Crippen molar-refractivity contribution in [3.8, 4) is 17.4 Å². The van der Waals surface area contributed by atoms with E-state index in [1.165, 1.54) is 7.11 Å². The summed E-state index contributed by atoms with van der Waals surface area (Å²) < 4.78 is 38.3. The lowest BCUT2D eigenvalue weighted by molar-refractivity contribution is 0.102. The summed E-state index contributed by atoms with van der Waals surface area (Å²) >= 11 is 0. The highest BCUT2D eigenvalue weighted by Gasteiger charge is 2.23. The van der Waals surface area contributed by atoms with Gasteiger partial charge >= 0.3 is 0 Å². The molecule has 3 aromatic rings. The maximum absolute atomic E-state index is 13.5. The third-order valence-electron chi connectivity index (χ3n) is 7.36. The number of ether oxygens (including phenoxy) is 2. The van der Waals surface area contributed by atoms with Crippen molar-refractivity contribution < 1.29 is 22.7 Å². The quantitative estimate of drug-likeness (QED) is 0.338. The number of nitrogens with one attached hydrogen (secondary N) is 2. The predicted molar refractivity (Wildman–Crippen MR) is 165 cm³/mol. The van der Waals surface area contributed by atoms with E-state index in [1.54, 1.807) is 36.5 Å². The lowest BCUT2D eigenvalue weighted by atomic mass is 9.86. The summed E-state index contributed by atoms with van der Waals surface area (Å²) in [6.45, 7) is 10.1. The van der Waals surface area contributed by atoms with Gasteiger partial charge in [0.2, 0.25) is 15.9 Å². The number of aryl methyl sites for hydroxylation is 1. The second kappa shape index (κ2) is 12.7. The molecule has 4 rings (SSSR count). The number of piperidine rings is 1. The number of hydrogen-bond donors (Lipinski definition) is 2.